The van der Waals surface area contributed by atoms with Gasteiger partial charge in [-0.2, -0.15) is 0 Å². The number of benzene rings is 1. The zero-order valence-corrected chi connectivity index (χ0v) is 10.3. The first-order valence-corrected chi connectivity index (χ1v) is 5.61. The molecule has 2 N–H and O–H groups in total. The van der Waals surface area contributed by atoms with Crippen LogP contribution in [0.1, 0.15) is 5.56 Å². The predicted molar refractivity (Wildman–Crippen MR) is 68.9 cm³/mol. The molecule has 1 aromatic carbocycles. The maximum absolute atomic E-state index is 12.0. The molecule has 1 aliphatic rings. The summed E-state index contributed by atoms with van der Waals surface area (Å²) in [6.45, 7) is 3.65. The van der Waals surface area contributed by atoms with Crippen LogP contribution in [0.25, 0.3) is 6.08 Å². The summed E-state index contributed by atoms with van der Waals surface area (Å²) in [6, 6.07) is 6.34. The molecule has 0 radical (unpaired) electrons. The Morgan fingerprint density at radius 1 is 1.42 bits per heavy atom. The Bertz CT molecular complexity index is 572. The SMILES string of the molecule is C=C1NC(=Cc2ccc(O)cc2)C(=O)C1C(=O)OC. The highest BCUT2D eigenvalue weighted by Crippen LogP contribution is 2.24. The lowest BCUT2D eigenvalue weighted by atomic mass is 10.0. The van der Waals surface area contributed by atoms with Crippen LogP contribution in [0.3, 0.4) is 0 Å². The van der Waals surface area contributed by atoms with Gasteiger partial charge in [0, 0.05) is 5.70 Å². The molecule has 5 nitrogen and oxygen atoms in total. The van der Waals surface area contributed by atoms with Crippen molar-refractivity contribution in [1.82, 2.24) is 5.32 Å². The van der Waals surface area contributed by atoms with Crippen molar-refractivity contribution in [2.45, 2.75) is 0 Å². The number of esters is 1. The van der Waals surface area contributed by atoms with Crippen LogP contribution in [0, 0.1) is 5.92 Å². The quantitative estimate of drug-likeness (QED) is 0.474. The van der Waals surface area contributed by atoms with Gasteiger partial charge in [-0.3, -0.25) is 9.59 Å². The number of nitrogens with one attached hydrogen (secondary N) is 1. The predicted octanol–water partition coefficient (Wildman–Crippen LogP) is 1.21. The molecule has 1 saturated heterocycles. The Balaban J connectivity index is 2.28. The van der Waals surface area contributed by atoms with Gasteiger partial charge in [-0.15, -0.1) is 0 Å². The molecule has 0 spiro atoms. The fourth-order valence-electron chi connectivity index (χ4n) is 1.83. The molecule has 0 aromatic heterocycles. The number of allylic oxidation sites excluding steroid dienone is 1. The zero-order valence-electron chi connectivity index (χ0n) is 10.3. The van der Waals surface area contributed by atoms with Gasteiger partial charge in [0.2, 0.25) is 0 Å². The van der Waals surface area contributed by atoms with E-state index in [0.717, 1.165) is 5.56 Å². The number of ketones is 1. The van der Waals surface area contributed by atoms with Gasteiger partial charge in [0.1, 0.15) is 5.75 Å². The van der Waals surface area contributed by atoms with Gasteiger partial charge in [0.15, 0.2) is 11.7 Å². The summed E-state index contributed by atoms with van der Waals surface area (Å²) in [7, 11) is 1.23. The van der Waals surface area contributed by atoms with Crippen molar-refractivity contribution in [3.63, 3.8) is 0 Å². The topological polar surface area (TPSA) is 75.6 Å². The maximum Gasteiger partial charge on any atom is 0.322 e. The lowest BCUT2D eigenvalue weighted by Gasteiger charge is -2.03. The monoisotopic (exact) mass is 259 g/mol. The Labute approximate surface area is 110 Å². The van der Waals surface area contributed by atoms with Gasteiger partial charge in [-0.05, 0) is 23.8 Å². The average molecular weight is 259 g/mol. The third-order valence-electron chi connectivity index (χ3n) is 2.81. The van der Waals surface area contributed by atoms with Crippen molar-refractivity contribution in [1.29, 1.82) is 0 Å². The van der Waals surface area contributed by atoms with E-state index in [-0.39, 0.29) is 17.2 Å². The van der Waals surface area contributed by atoms with E-state index in [0.29, 0.717) is 5.70 Å². The third-order valence-corrected chi connectivity index (χ3v) is 2.81. The van der Waals surface area contributed by atoms with Crippen molar-refractivity contribution in [2.75, 3.05) is 7.11 Å². The number of phenolic OH excluding ortho intramolecular Hbond substituents is 1. The molecule has 1 atom stereocenters. The number of aromatic hydroxyl groups is 1. The van der Waals surface area contributed by atoms with Crippen LogP contribution in [0.4, 0.5) is 0 Å². The highest BCUT2D eigenvalue weighted by molar-refractivity contribution is 6.14. The standard InChI is InChI=1S/C14H13NO4/c1-8-12(14(18)19-2)13(17)11(15-8)7-9-3-5-10(16)6-4-9/h3-7,12,15-16H,1H2,2H3. The van der Waals surface area contributed by atoms with Crippen molar-refractivity contribution < 1.29 is 19.4 Å². The van der Waals surface area contributed by atoms with Gasteiger partial charge < -0.3 is 15.2 Å². The van der Waals surface area contributed by atoms with Gasteiger partial charge in [-0.1, -0.05) is 18.7 Å². The average Bonchev–Trinajstić information content (AvgIpc) is 2.66. The number of hydrogen-bond acceptors (Lipinski definition) is 5. The first-order valence-electron chi connectivity index (χ1n) is 5.61. The van der Waals surface area contributed by atoms with Gasteiger partial charge in [0.25, 0.3) is 0 Å². The molecule has 1 aromatic rings. The normalized spacial score (nSPS) is 20.5. The van der Waals surface area contributed by atoms with Gasteiger partial charge in [-0.25, -0.2) is 0 Å². The smallest absolute Gasteiger partial charge is 0.322 e. The van der Waals surface area contributed by atoms with Gasteiger partial charge >= 0.3 is 5.97 Å². The molecule has 19 heavy (non-hydrogen) atoms. The molecule has 1 unspecified atom stereocenters. The number of methoxy groups -OCH3 is 1. The minimum Gasteiger partial charge on any atom is -0.508 e. The maximum atomic E-state index is 12.0. The molecule has 0 aliphatic carbocycles. The molecule has 0 saturated carbocycles. The van der Waals surface area contributed by atoms with Gasteiger partial charge in [0.05, 0.1) is 12.8 Å². The first-order chi connectivity index (χ1) is 9.02. The lowest BCUT2D eigenvalue weighted by Crippen LogP contribution is -2.21. The minimum atomic E-state index is -0.992. The molecular weight excluding hydrogens is 246 g/mol. The Kier molecular flexibility index (Phi) is 3.37. The van der Waals surface area contributed by atoms with Crippen LogP contribution in [0.15, 0.2) is 42.2 Å². The van der Waals surface area contributed by atoms with Crippen molar-refractivity contribution in [3.05, 3.63) is 47.8 Å². The summed E-state index contributed by atoms with van der Waals surface area (Å²) in [5.74, 6) is -1.85. The number of rotatable bonds is 2. The van der Waals surface area contributed by atoms with E-state index >= 15 is 0 Å². The highest BCUT2D eigenvalue weighted by atomic mass is 16.5. The number of carbonyl (C=O) groups is 2. The molecule has 1 aliphatic heterocycles. The number of carbonyl (C=O) groups excluding carboxylic acids is 2. The number of hydrogen-bond donors (Lipinski definition) is 2. The third kappa shape index (κ3) is 2.49. The van der Waals surface area contributed by atoms with Crippen LogP contribution < -0.4 is 5.32 Å². The fourth-order valence-corrected chi connectivity index (χ4v) is 1.83. The summed E-state index contributed by atoms with van der Waals surface area (Å²) in [4.78, 5) is 23.5. The van der Waals surface area contributed by atoms with E-state index in [1.165, 1.54) is 19.2 Å². The molecule has 98 valence electrons. The Morgan fingerprint density at radius 2 is 2.05 bits per heavy atom. The lowest BCUT2D eigenvalue weighted by molar-refractivity contribution is -0.146. The van der Waals surface area contributed by atoms with E-state index in [1.54, 1.807) is 18.2 Å². The Hall–Kier alpha value is -2.56. The second-order valence-corrected chi connectivity index (χ2v) is 4.12. The Morgan fingerprint density at radius 3 is 2.63 bits per heavy atom. The van der Waals surface area contributed by atoms with Crippen molar-refractivity contribution in [3.8, 4) is 5.75 Å². The summed E-state index contributed by atoms with van der Waals surface area (Å²) < 4.78 is 4.57. The molecule has 0 bridgehead atoms. The van der Waals surface area contributed by atoms with Crippen LogP contribution in [-0.4, -0.2) is 24.0 Å². The number of ether oxygens (including phenoxy) is 1. The van der Waals surface area contributed by atoms with E-state index < -0.39 is 11.9 Å². The minimum absolute atomic E-state index is 0.143. The highest BCUT2D eigenvalue weighted by Gasteiger charge is 2.38. The van der Waals surface area contributed by atoms with Crippen molar-refractivity contribution >= 4 is 17.8 Å². The van der Waals surface area contributed by atoms with E-state index in [2.05, 4.69) is 16.6 Å². The molecule has 5 heteroatoms. The first kappa shape index (κ1) is 12.9. The second-order valence-electron chi connectivity index (χ2n) is 4.12. The molecule has 1 heterocycles. The second kappa shape index (κ2) is 4.97. The number of phenols is 1. The summed E-state index contributed by atoms with van der Waals surface area (Å²) in [5.41, 5.74) is 1.32. The van der Waals surface area contributed by atoms with Crippen LogP contribution in [-0.2, 0) is 14.3 Å². The summed E-state index contributed by atoms with van der Waals surface area (Å²) in [6.07, 6.45) is 1.59. The van der Waals surface area contributed by atoms with Crippen LogP contribution in [0.2, 0.25) is 0 Å². The summed E-state index contributed by atoms with van der Waals surface area (Å²) >= 11 is 0. The van der Waals surface area contributed by atoms with E-state index in [9.17, 15) is 14.7 Å². The molecule has 0 amide bonds. The van der Waals surface area contributed by atoms with Crippen molar-refractivity contribution in [2.24, 2.45) is 5.92 Å². The fraction of sp³-hybridized carbons (Fsp3) is 0.143. The van der Waals surface area contributed by atoms with E-state index in [1.807, 2.05) is 0 Å². The molecule has 2 rings (SSSR count). The van der Waals surface area contributed by atoms with E-state index in [4.69, 9.17) is 0 Å². The molecular formula is C14H13NO4. The molecule has 1 fully saturated rings. The van der Waals surface area contributed by atoms with Crippen LogP contribution >= 0.6 is 0 Å². The zero-order chi connectivity index (χ0) is 14.0. The summed E-state index contributed by atoms with van der Waals surface area (Å²) in [5, 5.41) is 12.0. The largest absolute Gasteiger partial charge is 0.508 e. The number of Topliss-reactive ketones (excluding diaryl/α,β-unsaturated/α-hetero) is 1. The van der Waals surface area contributed by atoms with Crippen LogP contribution in [0.5, 0.6) is 5.75 Å².